The van der Waals surface area contributed by atoms with Crippen LogP contribution in [0.25, 0.3) is 5.69 Å². The zero-order valence-corrected chi connectivity index (χ0v) is 13.5. The Morgan fingerprint density at radius 2 is 1.96 bits per heavy atom. The van der Waals surface area contributed by atoms with Crippen molar-refractivity contribution < 1.29 is 9.53 Å². The highest BCUT2D eigenvalue weighted by Crippen LogP contribution is 2.24. The van der Waals surface area contributed by atoms with E-state index in [1.54, 1.807) is 24.7 Å². The van der Waals surface area contributed by atoms with Gasteiger partial charge in [-0.15, -0.1) is 0 Å². The number of anilines is 1. The van der Waals surface area contributed by atoms with E-state index in [4.69, 9.17) is 4.74 Å². The first-order valence-electron chi connectivity index (χ1n) is 7.89. The lowest BCUT2D eigenvalue weighted by molar-refractivity contribution is 0.102. The highest BCUT2D eigenvalue weighted by atomic mass is 16.5. The van der Waals surface area contributed by atoms with Crippen LogP contribution in [0.5, 0.6) is 5.75 Å². The molecule has 0 spiro atoms. The molecule has 3 aromatic rings. The Labute approximate surface area is 140 Å². The highest BCUT2D eigenvalue weighted by molar-refractivity contribution is 6.05. The highest BCUT2D eigenvalue weighted by Gasteiger charge is 2.10. The predicted molar refractivity (Wildman–Crippen MR) is 93.7 cm³/mol. The van der Waals surface area contributed by atoms with Gasteiger partial charge in [0.1, 0.15) is 5.75 Å². The summed E-state index contributed by atoms with van der Waals surface area (Å²) in [5, 5.41) is 2.91. The fraction of sp³-hybridized carbons (Fsp3) is 0.158. The summed E-state index contributed by atoms with van der Waals surface area (Å²) in [5.41, 5.74) is 2.22. The van der Waals surface area contributed by atoms with Crippen LogP contribution in [0.1, 0.15) is 23.7 Å². The first kappa shape index (κ1) is 15.8. The van der Waals surface area contributed by atoms with Gasteiger partial charge in [-0.05, 0) is 42.8 Å². The van der Waals surface area contributed by atoms with Crippen molar-refractivity contribution in [3.8, 4) is 11.4 Å². The van der Waals surface area contributed by atoms with E-state index in [1.165, 1.54) is 0 Å². The summed E-state index contributed by atoms with van der Waals surface area (Å²) in [6.45, 7) is 2.66. The van der Waals surface area contributed by atoms with Crippen molar-refractivity contribution in [2.75, 3.05) is 11.9 Å². The number of nitrogens with zero attached hydrogens (tertiary/aromatic N) is 2. The van der Waals surface area contributed by atoms with Crippen molar-refractivity contribution in [1.29, 1.82) is 0 Å². The van der Waals surface area contributed by atoms with E-state index in [2.05, 4.69) is 10.3 Å². The number of benzene rings is 2. The molecular formula is C19H19N3O2. The summed E-state index contributed by atoms with van der Waals surface area (Å²) in [5.74, 6) is 0.516. The number of imidazole rings is 1. The van der Waals surface area contributed by atoms with Crippen molar-refractivity contribution >= 4 is 11.6 Å². The van der Waals surface area contributed by atoms with Gasteiger partial charge >= 0.3 is 0 Å². The summed E-state index contributed by atoms with van der Waals surface area (Å²) in [4.78, 5) is 16.5. The van der Waals surface area contributed by atoms with E-state index in [0.29, 0.717) is 23.6 Å². The second-order valence-electron chi connectivity index (χ2n) is 5.32. The molecule has 1 heterocycles. The van der Waals surface area contributed by atoms with Gasteiger partial charge in [0.2, 0.25) is 0 Å². The van der Waals surface area contributed by atoms with Gasteiger partial charge in [0, 0.05) is 23.6 Å². The third-order valence-corrected chi connectivity index (χ3v) is 3.53. The number of nitrogens with one attached hydrogen (secondary N) is 1. The van der Waals surface area contributed by atoms with Gasteiger partial charge in [0.15, 0.2) is 0 Å². The summed E-state index contributed by atoms with van der Waals surface area (Å²) in [7, 11) is 0. The van der Waals surface area contributed by atoms with E-state index in [1.807, 2.05) is 54.1 Å². The van der Waals surface area contributed by atoms with E-state index in [9.17, 15) is 4.79 Å². The van der Waals surface area contributed by atoms with Gasteiger partial charge in [-0.1, -0.05) is 19.1 Å². The van der Waals surface area contributed by atoms with E-state index in [0.717, 1.165) is 12.1 Å². The number of carbonyl (C=O) groups excluding carboxylic acids is 1. The molecule has 0 aliphatic heterocycles. The van der Waals surface area contributed by atoms with E-state index in [-0.39, 0.29) is 5.91 Å². The van der Waals surface area contributed by atoms with Crippen LogP contribution in [0.2, 0.25) is 0 Å². The van der Waals surface area contributed by atoms with Crippen LogP contribution in [0, 0.1) is 0 Å². The quantitative estimate of drug-likeness (QED) is 0.749. The van der Waals surface area contributed by atoms with Crippen LogP contribution < -0.4 is 10.1 Å². The summed E-state index contributed by atoms with van der Waals surface area (Å²) < 4.78 is 7.55. The molecule has 0 saturated carbocycles. The second-order valence-corrected chi connectivity index (χ2v) is 5.32. The maximum atomic E-state index is 12.5. The zero-order chi connectivity index (χ0) is 16.8. The first-order valence-corrected chi connectivity index (χ1v) is 7.89. The molecule has 1 amide bonds. The fourth-order valence-corrected chi connectivity index (χ4v) is 2.30. The Kier molecular flexibility index (Phi) is 4.91. The molecule has 5 heteroatoms. The molecule has 122 valence electrons. The number of carbonyl (C=O) groups is 1. The third kappa shape index (κ3) is 3.63. The standard InChI is InChI=1S/C19H19N3O2/c1-2-13-24-18-6-4-3-5-17(18)21-19(23)15-7-9-16(10-8-15)22-12-11-20-14-22/h3-12,14H,2,13H2,1H3,(H,21,23). The molecule has 0 atom stereocenters. The van der Waals surface area contributed by atoms with Crippen LogP contribution in [-0.2, 0) is 0 Å². The molecule has 0 unspecified atom stereocenters. The van der Waals surface area contributed by atoms with Crippen LogP contribution >= 0.6 is 0 Å². The van der Waals surface area contributed by atoms with Gasteiger partial charge in [0.25, 0.3) is 5.91 Å². The zero-order valence-electron chi connectivity index (χ0n) is 13.5. The topological polar surface area (TPSA) is 56.1 Å². The van der Waals surface area contributed by atoms with Crippen molar-refractivity contribution in [1.82, 2.24) is 9.55 Å². The molecule has 0 bridgehead atoms. The van der Waals surface area contributed by atoms with Crippen molar-refractivity contribution in [2.45, 2.75) is 13.3 Å². The van der Waals surface area contributed by atoms with Gasteiger partial charge < -0.3 is 14.6 Å². The smallest absolute Gasteiger partial charge is 0.255 e. The van der Waals surface area contributed by atoms with Crippen molar-refractivity contribution in [3.63, 3.8) is 0 Å². The average Bonchev–Trinajstić information content (AvgIpc) is 3.16. The molecule has 0 saturated heterocycles. The minimum atomic E-state index is -0.167. The number of amides is 1. The monoisotopic (exact) mass is 321 g/mol. The Balaban J connectivity index is 1.73. The van der Waals surface area contributed by atoms with Gasteiger partial charge in [0.05, 0.1) is 18.6 Å². The van der Waals surface area contributed by atoms with E-state index < -0.39 is 0 Å². The third-order valence-electron chi connectivity index (χ3n) is 3.53. The summed E-state index contributed by atoms with van der Waals surface area (Å²) >= 11 is 0. The minimum absolute atomic E-state index is 0.167. The fourth-order valence-electron chi connectivity index (χ4n) is 2.30. The molecular weight excluding hydrogens is 302 g/mol. The normalized spacial score (nSPS) is 10.4. The summed E-state index contributed by atoms with van der Waals surface area (Å²) in [6, 6.07) is 14.8. The SMILES string of the molecule is CCCOc1ccccc1NC(=O)c1ccc(-n2ccnc2)cc1. The number of hydrogen-bond donors (Lipinski definition) is 1. The van der Waals surface area contributed by atoms with Crippen LogP contribution in [-0.4, -0.2) is 22.1 Å². The molecule has 0 aliphatic carbocycles. The number of aromatic nitrogens is 2. The lowest BCUT2D eigenvalue weighted by Gasteiger charge is -2.12. The number of hydrogen-bond acceptors (Lipinski definition) is 3. The van der Waals surface area contributed by atoms with Gasteiger partial charge in [-0.2, -0.15) is 0 Å². The predicted octanol–water partition coefficient (Wildman–Crippen LogP) is 3.91. The van der Waals surface area contributed by atoms with Gasteiger partial charge in [-0.25, -0.2) is 4.98 Å². The average molecular weight is 321 g/mol. The molecule has 3 rings (SSSR count). The Bertz CT molecular complexity index is 796. The maximum Gasteiger partial charge on any atom is 0.255 e. The van der Waals surface area contributed by atoms with Crippen molar-refractivity contribution in [2.24, 2.45) is 0 Å². The van der Waals surface area contributed by atoms with E-state index >= 15 is 0 Å². The first-order chi connectivity index (χ1) is 11.8. The molecule has 0 fully saturated rings. The Morgan fingerprint density at radius 3 is 2.67 bits per heavy atom. The molecule has 1 N–H and O–H groups in total. The Hall–Kier alpha value is -3.08. The molecule has 0 radical (unpaired) electrons. The molecule has 2 aromatic carbocycles. The molecule has 1 aromatic heterocycles. The summed E-state index contributed by atoms with van der Waals surface area (Å²) in [6.07, 6.45) is 6.21. The number of ether oxygens (including phenoxy) is 1. The Morgan fingerprint density at radius 1 is 1.17 bits per heavy atom. The maximum absolute atomic E-state index is 12.5. The molecule has 0 aliphatic rings. The number of rotatable bonds is 6. The van der Waals surface area contributed by atoms with Gasteiger partial charge in [-0.3, -0.25) is 4.79 Å². The lowest BCUT2D eigenvalue weighted by Crippen LogP contribution is -2.13. The second kappa shape index (κ2) is 7.46. The molecule has 24 heavy (non-hydrogen) atoms. The van der Waals surface area contributed by atoms with Crippen LogP contribution in [0.3, 0.4) is 0 Å². The van der Waals surface area contributed by atoms with Crippen LogP contribution in [0.4, 0.5) is 5.69 Å². The van der Waals surface area contributed by atoms with Crippen LogP contribution in [0.15, 0.2) is 67.3 Å². The molecule has 5 nitrogen and oxygen atoms in total. The largest absolute Gasteiger partial charge is 0.491 e. The minimum Gasteiger partial charge on any atom is -0.491 e. The lowest BCUT2D eigenvalue weighted by atomic mass is 10.2. The number of para-hydroxylation sites is 2. The van der Waals surface area contributed by atoms with Crippen molar-refractivity contribution in [3.05, 3.63) is 72.8 Å².